The quantitative estimate of drug-likeness (QED) is 0.375. The van der Waals surface area contributed by atoms with Crippen LogP contribution in [0.15, 0.2) is 18.2 Å². The Bertz CT molecular complexity index is 366. The second-order valence-corrected chi connectivity index (χ2v) is 5.74. The Balaban J connectivity index is 0.00000400. The van der Waals surface area contributed by atoms with Crippen molar-refractivity contribution >= 4 is 0 Å². The SMILES string of the molecule is CCCCCCCCCCCCc1cc(O)ccc1O.[Na+]. The maximum Gasteiger partial charge on any atom is 1.00 e. The van der Waals surface area contributed by atoms with Gasteiger partial charge in [-0.25, -0.2) is 0 Å². The van der Waals surface area contributed by atoms with Crippen LogP contribution in [0, 0.1) is 0 Å². The second kappa shape index (κ2) is 13.5. The zero-order valence-corrected chi connectivity index (χ0v) is 15.9. The van der Waals surface area contributed by atoms with Crippen LogP contribution in [0.5, 0.6) is 11.5 Å². The summed E-state index contributed by atoms with van der Waals surface area (Å²) in [5, 5.41) is 19.1. The van der Waals surface area contributed by atoms with Crippen LogP contribution in [0.1, 0.15) is 76.7 Å². The summed E-state index contributed by atoms with van der Waals surface area (Å²) in [6, 6.07) is 4.77. The van der Waals surface area contributed by atoms with Crippen molar-refractivity contribution < 1.29 is 39.8 Å². The maximum absolute atomic E-state index is 9.67. The molecule has 0 radical (unpaired) electrons. The largest absolute Gasteiger partial charge is 1.00 e. The Labute approximate surface area is 152 Å². The minimum Gasteiger partial charge on any atom is -0.508 e. The molecule has 1 rings (SSSR count). The molecule has 0 heterocycles. The van der Waals surface area contributed by atoms with Gasteiger partial charge < -0.3 is 10.2 Å². The van der Waals surface area contributed by atoms with Crippen molar-refractivity contribution in [3.05, 3.63) is 23.8 Å². The van der Waals surface area contributed by atoms with Crippen LogP contribution in [0.4, 0.5) is 0 Å². The molecule has 0 unspecified atom stereocenters. The monoisotopic (exact) mass is 301 g/mol. The van der Waals surface area contributed by atoms with Gasteiger partial charge in [0.2, 0.25) is 0 Å². The zero-order valence-electron chi connectivity index (χ0n) is 13.9. The summed E-state index contributed by atoms with van der Waals surface area (Å²) in [4.78, 5) is 0. The molecule has 1 aromatic carbocycles. The van der Waals surface area contributed by atoms with E-state index in [1.807, 2.05) is 0 Å². The third-order valence-electron chi connectivity index (χ3n) is 3.86. The molecule has 2 N–H and O–H groups in total. The molecule has 2 nitrogen and oxygen atoms in total. The van der Waals surface area contributed by atoms with Crippen LogP contribution >= 0.6 is 0 Å². The molecule has 0 aromatic heterocycles. The molecule has 0 saturated heterocycles. The average molecular weight is 301 g/mol. The number of hydrogen-bond donors (Lipinski definition) is 2. The van der Waals surface area contributed by atoms with Crippen LogP contribution in [0.25, 0.3) is 0 Å². The van der Waals surface area contributed by atoms with Crippen molar-refractivity contribution in [2.75, 3.05) is 0 Å². The molecule has 0 spiro atoms. The van der Waals surface area contributed by atoms with Gasteiger partial charge >= 0.3 is 29.6 Å². The Hall–Kier alpha value is -0.180. The fourth-order valence-electron chi connectivity index (χ4n) is 2.58. The predicted octanol–water partition coefficient (Wildman–Crippen LogP) is 2.57. The van der Waals surface area contributed by atoms with Gasteiger partial charge in [-0.3, -0.25) is 0 Å². The number of unbranched alkanes of at least 4 members (excludes halogenated alkanes) is 9. The van der Waals surface area contributed by atoms with E-state index < -0.39 is 0 Å². The summed E-state index contributed by atoms with van der Waals surface area (Å²) in [6.07, 6.45) is 14.0. The zero-order chi connectivity index (χ0) is 14.6. The average Bonchev–Trinajstić information content (AvgIpc) is 2.44. The summed E-state index contributed by atoms with van der Waals surface area (Å²) < 4.78 is 0. The molecule has 114 valence electrons. The number of phenols is 2. The molecule has 21 heavy (non-hydrogen) atoms. The van der Waals surface area contributed by atoms with Gasteiger partial charge in [-0.05, 0) is 36.6 Å². The third kappa shape index (κ3) is 10.2. The fraction of sp³-hybridized carbons (Fsp3) is 0.667. The van der Waals surface area contributed by atoms with E-state index in [9.17, 15) is 10.2 Å². The van der Waals surface area contributed by atoms with Crippen LogP contribution in [0.3, 0.4) is 0 Å². The molecular weight excluding hydrogens is 271 g/mol. The molecule has 0 fully saturated rings. The fourth-order valence-corrected chi connectivity index (χ4v) is 2.58. The van der Waals surface area contributed by atoms with Crippen molar-refractivity contribution in [2.24, 2.45) is 0 Å². The normalized spacial score (nSPS) is 10.3. The molecule has 0 bridgehead atoms. The van der Waals surface area contributed by atoms with Gasteiger partial charge in [0.05, 0.1) is 0 Å². The number of rotatable bonds is 11. The third-order valence-corrected chi connectivity index (χ3v) is 3.86. The summed E-state index contributed by atoms with van der Waals surface area (Å²) in [5.74, 6) is 0.545. The molecule has 3 heteroatoms. The topological polar surface area (TPSA) is 40.5 Å². The number of phenolic OH excluding ortho intramolecular Hbond substituents is 2. The summed E-state index contributed by atoms with van der Waals surface area (Å²) in [7, 11) is 0. The van der Waals surface area contributed by atoms with Crippen molar-refractivity contribution in [1.82, 2.24) is 0 Å². The first-order chi connectivity index (χ1) is 9.74. The van der Waals surface area contributed by atoms with E-state index in [0.29, 0.717) is 5.75 Å². The first-order valence-corrected chi connectivity index (χ1v) is 8.25. The van der Waals surface area contributed by atoms with Crippen molar-refractivity contribution in [1.29, 1.82) is 0 Å². The first-order valence-electron chi connectivity index (χ1n) is 8.25. The van der Waals surface area contributed by atoms with Gasteiger partial charge in [-0.2, -0.15) is 0 Å². The van der Waals surface area contributed by atoms with E-state index in [4.69, 9.17) is 0 Å². The Morgan fingerprint density at radius 3 is 1.86 bits per heavy atom. The van der Waals surface area contributed by atoms with Gasteiger partial charge in [0.25, 0.3) is 0 Å². The summed E-state index contributed by atoms with van der Waals surface area (Å²) >= 11 is 0. The predicted molar refractivity (Wildman–Crippen MR) is 85.3 cm³/mol. The van der Waals surface area contributed by atoms with E-state index in [1.54, 1.807) is 12.1 Å². The molecule has 0 aliphatic rings. The van der Waals surface area contributed by atoms with E-state index >= 15 is 0 Å². The van der Waals surface area contributed by atoms with Crippen LogP contribution < -0.4 is 29.6 Å². The summed E-state index contributed by atoms with van der Waals surface area (Å²) in [6.45, 7) is 2.25. The van der Waals surface area contributed by atoms with E-state index in [0.717, 1.165) is 18.4 Å². The molecule has 0 aliphatic carbocycles. The second-order valence-electron chi connectivity index (χ2n) is 5.74. The molecule has 0 saturated carbocycles. The van der Waals surface area contributed by atoms with Gasteiger partial charge in [0.1, 0.15) is 11.5 Å². The minimum atomic E-state index is 0. The van der Waals surface area contributed by atoms with E-state index in [1.165, 1.54) is 63.9 Å². The summed E-state index contributed by atoms with van der Waals surface area (Å²) in [5.41, 5.74) is 0.865. The van der Waals surface area contributed by atoms with Gasteiger partial charge in [-0.15, -0.1) is 0 Å². The Kier molecular flexibility index (Phi) is 13.4. The number of aromatic hydroxyl groups is 2. The molecule has 0 aliphatic heterocycles. The number of aryl methyl sites for hydroxylation is 1. The molecule has 1 aromatic rings. The van der Waals surface area contributed by atoms with Gasteiger partial charge in [-0.1, -0.05) is 64.7 Å². The molecule has 0 amide bonds. The first kappa shape index (κ1) is 20.8. The van der Waals surface area contributed by atoms with Gasteiger partial charge in [0, 0.05) is 0 Å². The minimum absolute atomic E-state index is 0. The standard InChI is InChI=1S/C18H30O2.Na/c1-2-3-4-5-6-7-8-9-10-11-12-16-15-17(19)13-14-18(16)20;/h13-15,19-20H,2-12H2,1H3;/q;+1. The van der Waals surface area contributed by atoms with Gasteiger partial charge in [0.15, 0.2) is 0 Å². The van der Waals surface area contributed by atoms with Crippen molar-refractivity contribution in [3.8, 4) is 11.5 Å². The van der Waals surface area contributed by atoms with Crippen molar-refractivity contribution in [2.45, 2.75) is 77.6 Å². The van der Waals surface area contributed by atoms with Crippen LogP contribution in [-0.2, 0) is 6.42 Å². The molecule has 0 atom stereocenters. The maximum atomic E-state index is 9.67. The number of hydrogen-bond acceptors (Lipinski definition) is 2. The van der Waals surface area contributed by atoms with Crippen molar-refractivity contribution in [3.63, 3.8) is 0 Å². The number of benzene rings is 1. The molecular formula is C18H30NaO2+. The van der Waals surface area contributed by atoms with Crippen LogP contribution in [0.2, 0.25) is 0 Å². The van der Waals surface area contributed by atoms with Crippen LogP contribution in [-0.4, -0.2) is 10.2 Å². The van der Waals surface area contributed by atoms with E-state index in [-0.39, 0.29) is 35.3 Å². The Morgan fingerprint density at radius 2 is 1.29 bits per heavy atom. The smallest absolute Gasteiger partial charge is 0.508 e. The van der Waals surface area contributed by atoms with E-state index in [2.05, 4.69) is 6.92 Å². The Morgan fingerprint density at radius 1 is 0.762 bits per heavy atom.